The van der Waals surface area contributed by atoms with Gasteiger partial charge in [0.05, 0.1) is 0 Å². The van der Waals surface area contributed by atoms with E-state index in [1.54, 1.807) is 0 Å². The Labute approximate surface area is 89.0 Å². The summed E-state index contributed by atoms with van der Waals surface area (Å²) in [7, 11) is 0. The Morgan fingerprint density at radius 1 is 1.46 bits per heavy atom. The molecule has 1 saturated heterocycles. The topological polar surface area (TPSA) is 67.2 Å². The van der Waals surface area contributed by atoms with Crippen LogP contribution in [0.15, 0.2) is 0 Å². The second-order valence-electron chi connectivity index (χ2n) is 2.80. The SMILES string of the molecule is Cl.NCCCCC1NC(=S)NC1=O. The van der Waals surface area contributed by atoms with Crippen molar-refractivity contribution < 1.29 is 4.79 Å². The average Bonchev–Trinajstić information content (AvgIpc) is 2.31. The van der Waals surface area contributed by atoms with E-state index in [1.165, 1.54) is 0 Å². The number of hydrogen-bond acceptors (Lipinski definition) is 3. The molecular weight excluding hydrogens is 210 g/mol. The first-order chi connectivity index (χ1) is 5.74. The van der Waals surface area contributed by atoms with E-state index in [2.05, 4.69) is 10.6 Å². The molecule has 1 amide bonds. The number of hydrogen-bond donors (Lipinski definition) is 3. The van der Waals surface area contributed by atoms with Crippen LogP contribution in [0.25, 0.3) is 0 Å². The largest absolute Gasteiger partial charge is 0.351 e. The minimum Gasteiger partial charge on any atom is -0.351 e. The van der Waals surface area contributed by atoms with Gasteiger partial charge in [0.2, 0.25) is 5.91 Å². The molecule has 1 rings (SSSR count). The smallest absolute Gasteiger partial charge is 0.248 e. The number of carbonyl (C=O) groups excluding carboxylic acids is 1. The summed E-state index contributed by atoms with van der Waals surface area (Å²) >= 11 is 4.78. The van der Waals surface area contributed by atoms with Gasteiger partial charge in [0.15, 0.2) is 5.11 Å². The van der Waals surface area contributed by atoms with Crippen LogP contribution in [0.1, 0.15) is 19.3 Å². The Hall–Kier alpha value is -0.390. The second kappa shape index (κ2) is 6.12. The Morgan fingerprint density at radius 2 is 2.15 bits per heavy atom. The monoisotopic (exact) mass is 223 g/mol. The molecule has 76 valence electrons. The van der Waals surface area contributed by atoms with Crippen molar-refractivity contribution in [2.45, 2.75) is 25.3 Å². The van der Waals surface area contributed by atoms with Gasteiger partial charge in [0, 0.05) is 0 Å². The summed E-state index contributed by atoms with van der Waals surface area (Å²) < 4.78 is 0. The normalized spacial score (nSPS) is 20.5. The molecule has 1 unspecified atom stereocenters. The van der Waals surface area contributed by atoms with Gasteiger partial charge >= 0.3 is 0 Å². The van der Waals surface area contributed by atoms with Crippen LogP contribution >= 0.6 is 24.6 Å². The van der Waals surface area contributed by atoms with Crippen LogP contribution in [0.5, 0.6) is 0 Å². The Balaban J connectivity index is 0.00000144. The van der Waals surface area contributed by atoms with Crippen LogP contribution < -0.4 is 16.4 Å². The number of halogens is 1. The molecular formula is C7H14ClN3OS. The molecule has 4 N–H and O–H groups in total. The highest BCUT2D eigenvalue weighted by Crippen LogP contribution is 2.03. The summed E-state index contributed by atoms with van der Waals surface area (Å²) in [6.07, 6.45) is 2.73. The van der Waals surface area contributed by atoms with E-state index in [-0.39, 0.29) is 24.4 Å². The van der Waals surface area contributed by atoms with Crippen LogP contribution in [0.3, 0.4) is 0 Å². The first-order valence-corrected chi connectivity index (χ1v) is 4.46. The van der Waals surface area contributed by atoms with Crippen molar-refractivity contribution in [3.8, 4) is 0 Å². The van der Waals surface area contributed by atoms with E-state index >= 15 is 0 Å². The number of nitrogens with one attached hydrogen (secondary N) is 2. The highest BCUT2D eigenvalue weighted by Gasteiger charge is 2.25. The standard InChI is InChI=1S/C7H13N3OS.ClH/c8-4-2-1-3-5-6(11)10-7(12)9-5;/h5H,1-4,8H2,(H2,9,10,11,12);1H. The number of thiocarbonyl (C=S) groups is 1. The van der Waals surface area contributed by atoms with E-state index in [9.17, 15) is 4.79 Å². The van der Waals surface area contributed by atoms with E-state index in [4.69, 9.17) is 18.0 Å². The van der Waals surface area contributed by atoms with Crippen LogP contribution in [0.2, 0.25) is 0 Å². The molecule has 4 nitrogen and oxygen atoms in total. The first kappa shape index (κ1) is 12.6. The van der Waals surface area contributed by atoms with Crippen LogP contribution in [-0.2, 0) is 4.79 Å². The quantitative estimate of drug-likeness (QED) is 0.461. The van der Waals surface area contributed by atoms with Gasteiger partial charge in [-0.2, -0.15) is 0 Å². The summed E-state index contributed by atoms with van der Waals surface area (Å²) in [4.78, 5) is 11.1. The molecule has 1 heterocycles. The number of unbranched alkanes of at least 4 members (excludes halogenated alkanes) is 1. The maximum atomic E-state index is 11.1. The molecule has 0 saturated carbocycles. The van der Waals surface area contributed by atoms with Crippen molar-refractivity contribution in [2.75, 3.05) is 6.54 Å². The lowest BCUT2D eigenvalue weighted by atomic mass is 10.1. The first-order valence-electron chi connectivity index (χ1n) is 4.05. The van der Waals surface area contributed by atoms with Gasteiger partial charge < -0.3 is 16.4 Å². The van der Waals surface area contributed by atoms with Crippen molar-refractivity contribution in [3.05, 3.63) is 0 Å². The fourth-order valence-corrected chi connectivity index (χ4v) is 1.40. The fraction of sp³-hybridized carbons (Fsp3) is 0.714. The van der Waals surface area contributed by atoms with Gasteiger partial charge in [0.25, 0.3) is 0 Å². The summed E-state index contributed by atoms with van der Waals surface area (Å²) in [5.74, 6) is -0.0166. The van der Waals surface area contributed by atoms with E-state index < -0.39 is 0 Å². The van der Waals surface area contributed by atoms with Gasteiger partial charge in [-0.1, -0.05) is 0 Å². The van der Waals surface area contributed by atoms with Crippen molar-refractivity contribution >= 4 is 35.6 Å². The molecule has 6 heteroatoms. The summed E-state index contributed by atoms with van der Waals surface area (Å²) in [6.45, 7) is 0.679. The van der Waals surface area contributed by atoms with Crippen LogP contribution in [-0.4, -0.2) is 23.6 Å². The second-order valence-corrected chi connectivity index (χ2v) is 3.21. The van der Waals surface area contributed by atoms with E-state index in [0.29, 0.717) is 11.7 Å². The maximum absolute atomic E-state index is 11.1. The van der Waals surface area contributed by atoms with E-state index in [1.807, 2.05) is 0 Å². The molecule has 0 aromatic rings. The summed E-state index contributed by atoms with van der Waals surface area (Å²) in [6, 6.07) is -0.135. The summed E-state index contributed by atoms with van der Waals surface area (Å²) in [5, 5.41) is 5.88. The predicted molar refractivity (Wildman–Crippen MR) is 57.8 cm³/mol. The number of carbonyl (C=O) groups is 1. The molecule has 1 aliphatic heterocycles. The predicted octanol–water partition coefficient (Wildman–Crippen LogP) is -0.0899. The van der Waals surface area contributed by atoms with Crippen molar-refractivity contribution in [2.24, 2.45) is 5.73 Å². The highest BCUT2D eigenvalue weighted by molar-refractivity contribution is 7.80. The molecule has 0 bridgehead atoms. The van der Waals surface area contributed by atoms with Crippen LogP contribution in [0.4, 0.5) is 0 Å². The third kappa shape index (κ3) is 3.89. The maximum Gasteiger partial charge on any atom is 0.248 e. The molecule has 0 aromatic heterocycles. The molecule has 0 aliphatic carbocycles. The third-order valence-electron chi connectivity index (χ3n) is 1.81. The lowest BCUT2D eigenvalue weighted by Crippen LogP contribution is -2.28. The fourth-order valence-electron chi connectivity index (χ4n) is 1.15. The van der Waals surface area contributed by atoms with Gasteiger partial charge in [-0.05, 0) is 38.0 Å². The molecule has 13 heavy (non-hydrogen) atoms. The van der Waals surface area contributed by atoms with Crippen molar-refractivity contribution in [1.82, 2.24) is 10.6 Å². The van der Waals surface area contributed by atoms with Crippen LogP contribution in [0, 0.1) is 0 Å². The molecule has 1 aliphatic rings. The number of nitrogens with two attached hydrogens (primary N) is 1. The van der Waals surface area contributed by atoms with Crippen molar-refractivity contribution in [3.63, 3.8) is 0 Å². The van der Waals surface area contributed by atoms with E-state index in [0.717, 1.165) is 19.3 Å². The highest BCUT2D eigenvalue weighted by atomic mass is 35.5. The lowest BCUT2D eigenvalue weighted by molar-refractivity contribution is -0.120. The lowest BCUT2D eigenvalue weighted by Gasteiger charge is -2.05. The molecule has 0 aromatic carbocycles. The number of rotatable bonds is 4. The van der Waals surface area contributed by atoms with Gasteiger partial charge in [-0.15, -0.1) is 12.4 Å². The minimum absolute atomic E-state index is 0. The Bertz CT molecular complexity index is 200. The zero-order valence-electron chi connectivity index (χ0n) is 7.21. The van der Waals surface area contributed by atoms with Crippen molar-refractivity contribution in [1.29, 1.82) is 0 Å². The van der Waals surface area contributed by atoms with Gasteiger partial charge in [-0.25, -0.2) is 0 Å². The molecule has 1 atom stereocenters. The van der Waals surface area contributed by atoms with Gasteiger partial charge in [-0.3, -0.25) is 4.79 Å². The Kier molecular flexibility index (Phi) is 5.94. The molecule has 0 spiro atoms. The summed E-state index contributed by atoms with van der Waals surface area (Å²) in [5.41, 5.74) is 5.33. The average molecular weight is 224 g/mol. The zero-order valence-corrected chi connectivity index (χ0v) is 8.84. The molecule has 0 radical (unpaired) electrons. The Morgan fingerprint density at radius 3 is 2.62 bits per heavy atom. The zero-order chi connectivity index (χ0) is 8.97. The number of amides is 1. The third-order valence-corrected chi connectivity index (χ3v) is 2.03. The minimum atomic E-state index is -0.135. The molecule has 1 fully saturated rings. The van der Waals surface area contributed by atoms with Gasteiger partial charge in [0.1, 0.15) is 6.04 Å².